The van der Waals surface area contributed by atoms with E-state index >= 15 is 0 Å². The highest BCUT2D eigenvalue weighted by Crippen LogP contribution is 2.32. The first-order valence-corrected chi connectivity index (χ1v) is 11.9. The summed E-state index contributed by atoms with van der Waals surface area (Å²) in [6, 6.07) is 20.0. The minimum absolute atomic E-state index is 0.187. The summed E-state index contributed by atoms with van der Waals surface area (Å²) in [7, 11) is 0. The Bertz CT molecular complexity index is 1720. The van der Waals surface area contributed by atoms with Gasteiger partial charge in [-0.25, -0.2) is 9.59 Å². The van der Waals surface area contributed by atoms with Gasteiger partial charge in [-0.05, 0) is 43.3 Å². The zero-order valence-electron chi connectivity index (χ0n) is 19.1. The van der Waals surface area contributed by atoms with Crippen LogP contribution in [0.3, 0.4) is 0 Å². The van der Waals surface area contributed by atoms with Gasteiger partial charge in [-0.2, -0.15) is 0 Å². The lowest BCUT2D eigenvalue weighted by Crippen LogP contribution is -2.11. The monoisotopic (exact) mass is 546 g/mol. The topological polar surface area (TPSA) is 96.0 Å². The van der Waals surface area contributed by atoms with Crippen molar-refractivity contribution in [3.05, 3.63) is 104 Å². The number of halogens is 1. The van der Waals surface area contributed by atoms with E-state index in [1.807, 2.05) is 6.92 Å². The molecule has 0 aliphatic heterocycles. The Morgan fingerprint density at radius 2 is 1.69 bits per heavy atom. The number of ether oxygens (including phenoxy) is 2. The summed E-state index contributed by atoms with van der Waals surface area (Å²) in [5.41, 5.74) is 0.415. The first kappa shape index (κ1) is 23.6. The fourth-order valence-corrected chi connectivity index (χ4v) is 4.16. The average Bonchev–Trinajstić information content (AvgIpc) is 2.87. The van der Waals surface area contributed by atoms with Gasteiger partial charge in [-0.3, -0.25) is 4.79 Å². The van der Waals surface area contributed by atoms with Crippen LogP contribution in [0.5, 0.6) is 11.5 Å². The van der Waals surface area contributed by atoms with E-state index in [4.69, 9.17) is 18.3 Å². The molecule has 180 valence electrons. The van der Waals surface area contributed by atoms with Crippen LogP contribution < -0.4 is 20.7 Å². The number of fused-ring (bicyclic) bond motifs is 2. The van der Waals surface area contributed by atoms with Crippen LogP contribution >= 0.6 is 15.9 Å². The summed E-state index contributed by atoms with van der Waals surface area (Å²) in [6.07, 6.45) is 0. The Labute approximate surface area is 213 Å². The normalized spacial score (nSPS) is 11.1. The fraction of sp³-hybridized carbons (Fsp3) is 0.107. The second-order valence-electron chi connectivity index (χ2n) is 7.91. The number of carbonyl (C=O) groups is 1. The average molecular weight is 547 g/mol. The molecule has 2 aromatic heterocycles. The highest BCUT2D eigenvalue weighted by Gasteiger charge is 2.16. The third-order valence-electron chi connectivity index (χ3n) is 5.57. The number of ketones is 1. The highest BCUT2D eigenvalue weighted by molar-refractivity contribution is 9.10. The molecule has 36 heavy (non-hydrogen) atoms. The molecule has 0 spiro atoms. The molecule has 2 heterocycles. The van der Waals surface area contributed by atoms with Crippen LogP contribution in [0.25, 0.3) is 33.1 Å². The second kappa shape index (κ2) is 9.83. The number of benzene rings is 3. The van der Waals surface area contributed by atoms with Gasteiger partial charge in [-0.15, -0.1) is 0 Å². The lowest BCUT2D eigenvalue weighted by atomic mass is 10.0. The van der Waals surface area contributed by atoms with Crippen molar-refractivity contribution in [2.24, 2.45) is 0 Å². The van der Waals surface area contributed by atoms with Crippen molar-refractivity contribution in [2.45, 2.75) is 6.92 Å². The summed E-state index contributed by atoms with van der Waals surface area (Å²) in [5, 5.41) is 1.18. The van der Waals surface area contributed by atoms with Gasteiger partial charge in [0, 0.05) is 38.5 Å². The Morgan fingerprint density at radius 1 is 0.889 bits per heavy atom. The maximum Gasteiger partial charge on any atom is 0.344 e. The third kappa shape index (κ3) is 4.67. The van der Waals surface area contributed by atoms with Crippen LogP contribution in [0.2, 0.25) is 0 Å². The van der Waals surface area contributed by atoms with Crippen LogP contribution in [0.4, 0.5) is 0 Å². The van der Waals surface area contributed by atoms with E-state index in [-0.39, 0.29) is 23.5 Å². The number of carbonyl (C=O) groups excluding carboxylic acids is 1. The van der Waals surface area contributed by atoms with Crippen LogP contribution in [0, 0.1) is 0 Å². The summed E-state index contributed by atoms with van der Waals surface area (Å²) in [4.78, 5) is 37.7. The minimum Gasteiger partial charge on any atom is -0.490 e. The van der Waals surface area contributed by atoms with Gasteiger partial charge < -0.3 is 18.3 Å². The van der Waals surface area contributed by atoms with Crippen molar-refractivity contribution < 1.29 is 23.1 Å². The zero-order chi connectivity index (χ0) is 25.2. The van der Waals surface area contributed by atoms with Crippen molar-refractivity contribution in [3.8, 4) is 22.6 Å². The van der Waals surface area contributed by atoms with Crippen molar-refractivity contribution in [1.82, 2.24) is 0 Å². The van der Waals surface area contributed by atoms with E-state index in [9.17, 15) is 14.4 Å². The molecule has 7 nitrogen and oxygen atoms in total. The maximum absolute atomic E-state index is 12.9. The first-order valence-electron chi connectivity index (χ1n) is 11.1. The molecule has 0 saturated carbocycles. The van der Waals surface area contributed by atoms with E-state index in [0.717, 1.165) is 4.47 Å². The molecule has 0 amide bonds. The molecule has 8 heteroatoms. The molecule has 0 bridgehead atoms. The van der Waals surface area contributed by atoms with E-state index in [1.54, 1.807) is 60.7 Å². The van der Waals surface area contributed by atoms with Crippen LogP contribution in [-0.4, -0.2) is 19.0 Å². The van der Waals surface area contributed by atoms with Crippen LogP contribution in [-0.2, 0) is 0 Å². The number of para-hydroxylation sites is 1. The quantitative estimate of drug-likeness (QED) is 0.183. The second-order valence-corrected chi connectivity index (χ2v) is 8.83. The number of hydrogen-bond donors (Lipinski definition) is 0. The lowest BCUT2D eigenvalue weighted by Gasteiger charge is -2.10. The Hall–Kier alpha value is -4.17. The predicted molar refractivity (Wildman–Crippen MR) is 139 cm³/mol. The number of hydrogen-bond acceptors (Lipinski definition) is 7. The van der Waals surface area contributed by atoms with E-state index in [2.05, 4.69) is 15.9 Å². The Kier molecular flexibility index (Phi) is 6.43. The highest BCUT2D eigenvalue weighted by atomic mass is 79.9. The van der Waals surface area contributed by atoms with Crippen molar-refractivity contribution in [1.29, 1.82) is 0 Å². The molecule has 0 N–H and O–H groups in total. The molecular formula is C28H19BrO7. The van der Waals surface area contributed by atoms with Gasteiger partial charge in [0.1, 0.15) is 11.3 Å². The minimum atomic E-state index is -0.636. The smallest absolute Gasteiger partial charge is 0.344 e. The van der Waals surface area contributed by atoms with Gasteiger partial charge in [-0.1, -0.05) is 40.2 Å². The number of Topliss-reactive ketones (excluding diaryl/α,β-unsaturated/α-hetero) is 1. The largest absolute Gasteiger partial charge is 0.490 e. The van der Waals surface area contributed by atoms with Crippen LogP contribution in [0.1, 0.15) is 17.3 Å². The Morgan fingerprint density at radius 3 is 2.47 bits per heavy atom. The number of rotatable bonds is 7. The molecule has 5 aromatic rings. The van der Waals surface area contributed by atoms with Crippen molar-refractivity contribution >= 4 is 43.7 Å². The fourth-order valence-electron chi connectivity index (χ4n) is 3.90. The van der Waals surface area contributed by atoms with Gasteiger partial charge in [0.15, 0.2) is 23.7 Å². The SMILES string of the molecule is CCOc1cccc2cc(-c3cc(=O)oc4cc(OCC(=O)c5ccc(Br)cc5)ccc34)c(=O)oc12. The summed E-state index contributed by atoms with van der Waals surface area (Å²) < 4.78 is 23.0. The van der Waals surface area contributed by atoms with Gasteiger partial charge in [0.05, 0.1) is 12.2 Å². The lowest BCUT2D eigenvalue weighted by molar-refractivity contribution is 0.0921. The van der Waals surface area contributed by atoms with E-state index < -0.39 is 11.3 Å². The van der Waals surface area contributed by atoms with E-state index in [1.165, 1.54) is 12.1 Å². The molecule has 0 radical (unpaired) electrons. The zero-order valence-corrected chi connectivity index (χ0v) is 20.7. The van der Waals surface area contributed by atoms with Gasteiger partial charge in [0.2, 0.25) is 0 Å². The predicted octanol–water partition coefficient (Wildman–Crippen LogP) is 5.99. The standard InChI is InChI=1S/C28H19BrO7/c1-2-33-24-5-3-4-17-12-22(28(32)36-27(17)24)21-14-26(31)35-25-13-19(10-11-20(21)25)34-15-23(30)16-6-8-18(29)9-7-16/h3-14H,2,15H2,1H3. The molecule has 0 unspecified atom stereocenters. The molecular weight excluding hydrogens is 528 g/mol. The maximum atomic E-state index is 12.9. The molecule has 5 rings (SSSR count). The van der Waals surface area contributed by atoms with Gasteiger partial charge >= 0.3 is 11.3 Å². The molecule has 0 aliphatic rings. The van der Waals surface area contributed by atoms with Crippen molar-refractivity contribution in [2.75, 3.05) is 13.2 Å². The summed E-state index contributed by atoms with van der Waals surface area (Å²) >= 11 is 3.34. The van der Waals surface area contributed by atoms with E-state index in [0.29, 0.717) is 45.6 Å². The molecule has 0 saturated heterocycles. The first-order chi connectivity index (χ1) is 17.4. The van der Waals surface area contributed by atoms with Crippen molar-refractivity contribution in [3.63, 3.8) is 0 Å². The molecule has 0 atom stereocenters. The third-order valence-corrected chi connectivity index (χ3v) is 6.09. The molecule has 0 aliphatic carbocycles. The molecule has 0 fully saturated rings. The Balaban J connectivity index is 1.50. The summed E-state index contributed by atoms with van der Waals surface area (Å²) in [6.45, 7) is 2.08. The van der Waals surface area contributed by atoms with Gasteiger partial charge in [0.25, 0.3) is 0 Å². The van der Waals surface area contributed by atoms with Crippen LogP contribution in [0.15, 0.2) is 95.7 Å². The molecule has 3 aromatic carbocycles. The summed E-state index contributed by atoms with van der Waals surface area (Å²) in [5.74, 6) is 0.619.